The van der Waals surface area contributed by atoms with Crippen molar-refractivity contribution in [1.82, 2.24) is 5.32 Å². The molecule has 3 heteroatoms. The summed E-state index contributed by atoms with van der Waals surface area (Å²) in [5, 5.41) is 3.43. The highest BCUT2D eigenvalue weighted by molar-refractivity contribution is 5.75. The van der Waals surface area contributed by atoms with Gasteiger partial charge in [-0.2, -0.15) is 0 Å². The van der Waals surface area contributed by atoms with Crippen LogP contribution in [0.15, 0.2) is 24.3 Å². The molecule has 0 amide bonds. The highest BCUT2D eigenvalue weighted by atomic mass is 16.5. The van der Waals surface area contributed by atoms with Crippen LogP contribution in [0.2, 0.25) is 0 Å². The third-order valence-corrected chi connectivity index (χ3v) is 3.12. The Labute approximate surface area is 116 Å². The maximum absolute atomic E-state index is 10.8. The lowest BCUT2D eigenvalue weighted by Crippen LogP contribution is -2.14. The van der Waals surface area contributed by atoms with E-state index in [2.05, 4.69) is 17.4 Å². The van der Waals surface area contributed by atoms with Crippen LogP contribution in [0.4, 0.5) is 0 Å². The second-order valence-electron chi connectivity index (χ2n) is 4.89. The SMILES string of the molecule is COc1ccc(CNCCCCCCC(C)=O)cc1. The summed E-state index contributed by atoms with van der Waals surface area (Å²) in [5.74, 6) is 1.20. The molecule has 1 aromatic carbocycles. The minimum Gasteiger partial charge on any atom is -0.497 e. The Bertz CT molecular complexity index is 360. The van der Waals surface area contributed by atoms with Gasteiger partial charge in [-0.3, -0.25) is 0 Å². The molecule has 0 atom stereocenters. The molecule has 0 bridgehead atoms. The quantitative estimate of drug-likeness (QED) is 0.658. The van der Waals surface area contributed by atoms with Crippen LogP contribution in [-0.2, 0) is 11.3 Å². The molecule has 19 heavy (non-hydrogen) atoms. The lowest BCUT2D eigenvalue weighted by Gasteiger charge is -2.06. The van der Waals surface area contributed by atoms with Crippen LogP contribution in [0.1, 0.15) is 44.6 Å². The molecule has 0 aliphatic heterocycles. The zero-order valence-electron chi connectivity index (χ0n) is 12.1. The van der Waals surface area contributed by atoms with Gasteiger partial charge in [0.05, 0.1) is 7.11 Å². The zero-order chi connectivity index (χ0) is 13.9. The highest BCUT2D eigenvalue weighted by Gasteiger charge is 1.96. The summed E-state index contributed by atoms with van der Waals surface area (Å²) in [6.45, 7) is 3.60. The summed E-state index contributed by atoms with van der Waals surface area (Å²) in [7, 11) is 1.68. The Morgan fingerprint density at radius 2 is 1.79 bits per heavy atom. The summed E-state index contributed by atoms with van der Waals surface area (Å²) in [6, 6.07) is 8.13. The van der Waals surface area contributed by atoms with E-state index in [1.807, 2.05) is 12.1 Å². The number of hydrogen-bond donors (Lipinski definition) is 1. The lowest BCUT2D eigenvalue weighted by molar-refractivity contribution is -0.117. The lowest BCUT2D eigenvalue weighted by atomic mass is 10.1. The van der Waals surface area contributed by atoms with Crippen molar-refractivity contribution in [3.63, 3.8) is 0 Å². The first kappa shape index (κ1) is 15.7. The molecule has 0 saturated carbocycles. The van der Waals surface area contributed by atoms with Gasteiger partial charge >= 0.3 is 0 Å². The molecular formula is C16H25NO2. The Morgan fingerprint density at radius 3 is 2.42 bits per heavy atom. The van der Waals surface area contributed by atoms with Gasteiger partial charge in [0.15, 0.2) is 0 Å². The zero-order valence-corrected chi connectivity index (χ0v) is 12.1. The van der Waals surface area contributed by atoms with E-state index in [1.54, 1.807) is 14.0 Å². The van der Waals surface area contributed by atoms with E-state index in [1.165, 1.54) is 18.4 Å². The van der Waals surface area contributed by atoms with Gasteiger partial charge in [-0.1, -0.05) is 25.0 Å². The van der Waals surface area contributed by atoms with Crippen LogP contribution in [0.25, 0.3) is 0 Å². The van der Waals surface area contributed by atoms with E-state index in [9.17, 15) is 4.79 Å². The van der Waals surface area contributed by atoms with Gasteiger partial charge in [-0.25, -0.2) is 0 Å². The van der Waals surface area contributed by atoms with Gasteiger partial charge in [0.25, 0.3) is 0 Å². The summed E-state index contributed by atoms with van der Waals surface area (Å²) >= 11 is 0. The Hall–Kier alpha value is -1.35. The highest BCUT2D eigenvalue weighted by Crippen LogP contribution is 2.11. The van der Waals surface area contributed by atoms with Gasteiger partial charge < -0.3 is 14.8 Å². The fraction of sp³-hybridized carbons (Fsp3) is 0.562. The van der Waals surface area contributed by atoms with Crippen LogP contribution >= 0.6 is 0 Å². The van der Waals surface area contributed by atoms with Crippen molar-refractivity contribution in [3.8, 4) is 5.75 Å². The summed E-state index contributed by atoms with van der Waals surface area (Å²) in [6.07, 6.45) is 5.30. The molecule has 0 aliphatic carbocycles. The van der Waals surface area contributed by atoms with Crippen molar-refractivity contribution in [2.45, 2.75) is 45.6 Å². The number of Topliss-reactive ketones (excluding diaryl/α,β-unsaturated/α-hetero) is 1. The number of benzene rings is 1. The molecule has 0 saturated heterocycles. The molecule has 1 aromatic rings. The van der Waals surface area contributed by atoms with Crippen LogP contribution in [0.5, 0.6) is 5.75 Å². The number of hydrogen-bond acceptors (Lipinski definition) is 3. The fourth-order valence-electron chi connectivity index (χ4n) is 1.95. The van der Waals surface area contributed by atoms with E-state index < -0.39 is 0 Å². The van der Waals surface area contributed by atoms with E-state index in [4.69, 9.17) is 4.74 Å². The first-order chi connectivity index (χ1) is 9.22. The van der Waals surface area contributed by atoms with Gasteiger partial charge in [-0.15, -0.1) is 0 Å². The van der Waals surface area contributed by atoms with Crippen molar-refractivity contribution in [3.05, 3.63) is 29.8 Å². The van der Waals surface area contributed by atoms with Crippen LogP contribution < -0.4 is 10.1 Å². The predicted molar refractivity (Wildman–Crippen MR) is 78.5 cm³/mol. The number of ketones is 1. The van der Waals surface area contributed by atoms with E-state index >= 15 is 0 Å². The number of unbranched alkanes of at least 4 members (excludes halogenated alkanes) is 3. The average Bonchev–Trinajstić information content (AvgIpc) is 2.42. The second-order valence-corrected chi connectivity index (χ2v) is 4.89. The number of rotatable bonds is 10. The fourth-order valence-corrected chi connectivity index (χ4v) is 1.95. The molecule has 0 aromatic heterocycles. The minimum absolute atomic E-state index is 0.303. The van der Waals surface area contributed by atoms with Crippen molar-refractivity contribution in [2.75, 3.05) is 13.7 Å². The third kappa shape index (κ3) is 7.62. The number of nitrogens with one attached hydrogen (secondary N) is 1. The Kier molecular flexibility index (Phi) is 7.91. The molecule has 0 spiro atoms. The monoisotopic (exact) mass is 263 g/mol. The number of carbonyl (C=O) groups is 1. The van der Waals surface area contributed by atoms with Gasteiger partial charge in [-0.05, 0) is 44.0 Å². The van der Waals surface area contributed by atoms with E-state index in [0.29, 0.717) is 5.78 Å². The van der Waals surface area contributed by atoms with Crippen LogP contribution in [0.3, 0.4) is 0 Å². The van der Waals surface area contributed by atoms with Crippen molar-refractivity contribution < 1.29 is 9.53 Å². The van der Waals surface area contributed by atoms with Crippen molar-refractivity contribution in [1.29, 1.82) is 0 Å². The molecule has 0 heterocycles. The molecule has 106 valence electrons. The predicted octanol–water partition coefficient (Wildman–Crippen LogP) is 3.32. The number of methoxy groups -OCH3 is 1. The smallest absolute Gasteiger partial charge is 0.129 e. The van der Waals surface area contributed by atoms with E-state index in [0.717, 1.165) is 38.1 Å². The number of ether oxygens (including phenoxy) is 1. The third-order valence-electron chi connectivity index (χ3n) is 3.12. The maximum atomic E-state index is 10.8. The summed E-state index contributed by atoms with van der Waals surface area (Å²) in [5.41, 5.74) is 1.28. The molecule has 0 radical (unpaired) electrons. The first-order valence-electron chi connectivity index (χ1n) is 7.05. The van der Waals surface area contributed by atoms with Crippen LogP contribution in [0, 0.1) is 0 Å². The minimum atomic E-state index is 0.303. The van der Waals surface area contributed by atoms with Gasteiger partial charge in [0, 0.05) is 13.0 Å². The molecule has 3 nitrogen and oxygen atoms in total. The standard InChI is InChI=1S/C16H25NO2/c1-14(18)7-5-3-4-6-12-17-13-15-8-10-16(19-2)11-9-15/h8-11,17H,3-7,12-13H2,1-2H3. The number of carbonyl (C=O) groups excluding carboxylic acids is 1. The van der Waals surface area contributed by atoms with E-state index in [-0.39, 0.29) is 0 Å². The normalized spacial score (nSPS) is 10.4. The Balaban J connectivity index is 1.99. The topological polar surface area (TPSA) is 38.3 Å². The molecule has 0 aliphatic rings. The summed E-state index contributed by atoms with van der Waals surface area (Å²) < 4.78 is 5.12. The molecular weight excluding hydrogens is 238 g/mol. The van der Waals surface area contributed by atoms with Gasteiger partial charge in [0.2, 0.25) is 0 Å². The molecule has 1 rings (SSSR count). The summed E-state index contributed by atoms with van der Waals surface area (Å²) in [4.78, 5) is 10.8. The van der Waals surface area contributed by atoms with Crippen molar-refractivity contribution in [2.24, 2.45) is 0 Å². The second kappa shape index (κ2) is 9.56. The molecule has 0 fully saturated rings. The average molecular weight is 263 g/mol. The van der Waals surface area contributed by atoms with Gasteiger partial charge in [0.1, 0.15) is 11.5 Å². The largest absolute Gasteiger partial charge is 0.497 e. The molecule has 0 unspecified atom stereocenters. The molecule has 1 N–H and O–H groups in total. The van der Waals surface area contributed by atoms with Crippen LogP contribution in [-0.4, -0.2) is 19.4 Å². The Morgan fingerprint density at radius 1 is 1.11 bits per heavy atom. The maximum Gasteiger partial charge on any atom is 0.129 e. The van der Waals surface area contributed by atoms with Crippen molar-refractivity contribution >= 4 is 5.78 Å². The first-order valence-corrected chi connectivity index (χ1v) is 7.05.